The van der Waals surface area contributed by atoms with Crippen LogP contribution in [0.4, 0.5) is 0 Å². The molecule has 1 aromatic rings. The highest BCUT2D eigenvalue weighted by Crippen LogP contribution is 2.19. The molecule has 1 aromatic carbocycles. The van der Waals surface area contributed by atoms with Crippen molar-refractivity contribution < 1.29 is 13.5 Å². The maximum Gasteiger partial charge on any atom is 0.243 e. The Morgan fingerprint density at radius 1 is 1.37 bits per heavy atom. The summed E-state index contributed by atoms with van der Waals surface area (Å²) in [6, 6.07) is 7.20. The Morgan fingerprint density at radius 3 is 2.47 bits per heavy atom. The van der Waals surface area contributed by atoms with E-state index in [2.05, 4.69) is 5.32 Å². The zero-order valence-corrected chi connectivity index (χ0v) is 11.3. The van der Waals surface area contributed by atoms with Crippen molar-refractivity contribution in [2.24, 2.45) is 0 Å². The molecular weight excluding hydrogens is 266 g/mol. The minimum Gasteiger partial charge on any atom is -0.390 e. The first-order valence-electron chi connectivity index (χ1n) is 5.84. The highest BCUT2D eigenvalue weighted by atomic mass is 32.2. The Balaban J connectivity index is 2.28. The van der Waals surface area contributed by atoms with Crippen molar-refractivity contribution in [3.8, 4) is 6.07 Å². The molecule has 0 bridgehead atoms. The minimum absolute atomic E-state index is 0.119. The number of rotatable bonds is 3. The number of nitrogens with zero attached hydrogens (tertiary/aromatic N) is 2. The van der Waals surface area contributed by atoms with Gasteiger partial charge in [-0.1, -0.05) is 0 Å². The topological polar surface area (TPSA) is 93.4 Å². The van der Waals surface area contributed by atoms with E-state index in [0.717, 1.165) is 0 Å². The lowest BCUT2D eigenvalue weighted by Crippen LogP contribution is -2.44. The predicted molar refractivity (Wildman–Crippen MR) is 68.8 cm³/mol. The van der Waals surface area contributed by atoms with Crippen molar-refractivity contribution in [2.45, 2.75) is 17.0 Å². The fraction of sp³-hybridized carbons (Fsp3) is 0.417. The standard InChI is InChI=1S/C12H15N3O3S/c1-15(11-7-14-8-12(11)16)19(17,18)10-4-2-9(6-13)3-5-10/h2-5,11-12,14,16H,7-8H2,1H3/t11-,12-/m1/s1. The van der Waals surface area contributed by atoms with Crippen LogP contribution in [0.2, 0.25) is 0 Å². The molecule has 1 heterocycles. The van der Waals surface area contributed by atoms with Gasteiger partial charge in [-0.15, -0.1) is 0 Å². The van der Waals surface area contributed by atoms with E-state index < -0.39 is 22.2 Å². The fourth-order valence-electron chi connectivity index (χ4n) is 2.07. The highest BCUT2D eigenvalue weighted by molar-refractivity contribution is 7.89. The van der Waals surface area contributed by atoms with Gasteiger partial charge in [-0.25, -0.2) is 8.42 Å². The lowest BCUT2D eigenvalue weighted by atomic mass is 10.2. The average Bonchev–Trinajstić information content (AvgIpc) is 2.84. The number of aliphatic hydroxyl groups is 1. The van der Waals surface area contributed by atoms with Gasteiger partial charge in [-0.2, -0.15) is 9.57 Å². The molecule has 102 valence electrons. The summed E-state index contributed by atoms with van der Waals surface area (Å²) in [4.78, 5) is 0.119. The first-order valence-corrected chi connectivity index (χ1v) is 7.28. The van der Waals surface area contributed by atoms with E-state index in [1.165, 1.54) is 35.6 Å². The van der Waals surface area contributed by atoms with Crippen LogP contribution in [-0.4, -0.2) is 50.1 Å². The summed E-state index contributed by atoms with van der Waals surface area (Å²) in [5, 5.41) is 21.4. The zero-order chi connectivity index (χ0) is 14.0. The van der Waals surface area contributed by atoms with Crippen LogP contribution in [0.1, 0.15) is 5.56 Å². The minimum atomic E-state index is -3.66. The first kappa shape index (κ1) is 14.0. The Bertz CT molecular complexity index is 592. The van der Waals surface area contributed by atoms with Gasteiger partial charge in [0.05, 0.1) is 28.7 Å². The lowest BCUT2D eigenvalue weighted by Gasteiger charge is -2.25. The van der Waals surface area contributed by atoms with Crippen molar-refractivity contribution >= 4 is 10.0 Å². The van der Waals surface area contributed by atoms with E-state index >= 15 is 0 Å². The third-order valence-electron chi connectivity index (χ3n) is 3.28. The molecule has 1 saturated heterocycles. The molecule has 19 heavy (non-hydrogen) atoms. The van der Waals surface area contributed by atoms with Gasteiger partial charge in [0.15, 0.2) is 0 Å². The van der Waals surface area contributed by atoms with Gasteiger partial charge in [-0.3, -0.25) is 0 Å². The number of aliphatic hydroxyl groups excluding tert-OH is 1. The molecule has 6 nitrogen and oxygen atoms in total. The number of nitrogens with one attached hydrogen (secondary N) is 1. The Kier molecular flexibility index (Phi) is 3.87. The molecule has 0 spiro atoms. The lowest BCUT2D eigenvalue weighted by molar-refractivity contribution is 0.136. The molecule has 2 rings (SSSR count). The average molecular weight is 281 g/mol. The molecule has 1 aliphatic heterocycles. The molecule has 0 saturated carbocycles. The maximum atomic E-state index is 12.4. The molecule has 7 heteroatoms. The van der Waals surface area contributed by atoms with Crippen molar-refractivity contribution in [3.63, 3.8) is 0 Å². The Hall–Kier alpha value is -1.46. The molecule has 2 atom stereocenters. The fourth-order valence-corrected chi connectivity index (χ4v) is 3.45. The van der Waals surface area contributed by atoms with Crippen LogP contribution in [0.15, 0.2) is 29.2 Å². The number of benzene rings is 1. The third-order valence-corrected chi connectivity index (χ3v) is 5.18. The highest BCUT2D eigenvalue weighted by Gasteiger charge is 2.35. The second-order valence-electron chi connectivity index (χ2n) is 4.45. The summed E-state index contributed by atoms with van der Waals surface area (Å²) in [7, 11) is -2.20. The maximum absolute atomic E-state index is 12.4. The number of nitriles is 1. The van der Waals surface area contributed by atoms with Crippen molar-refractivity contribution in [3.05, 3.63) is 29.8 Å². The molecule has 1 aliphatic rings. The molecular formula is C12H15N3O3S. The largest absolute Gasteiger partial charge is 0.390 e. The van der Waals surface area contributed by atoms with Gasteiger partial charge in [0.2, 0.25) is 10.0 Å². The van der Waals surface area contributed by atoms with E-state index in [9.17, 15) is 13.5 Å². The van der Waals surface area contributed by atoms with Crippen LogP contribution in [0, 0.1) is 11.3 Å². The quantitative estimate of drug-likeness (QED) is 0.780. The second-order valence-corrected chi connectivity index (χ2v) is 6.45. The number of hydrogen-bond donors (Lipinski definition) is 2. The summed E-state index contributed by atoms with van der Waals surface area (Å²) < 4.78 is 25.9. The van der Waals surface area contributed by atoms with Crippen molar-refractivity contribution in [1.82, 2.24) is 9.62 Å². The van der Waals surface area contributed by atoms with Gasteiger partial charge in [0.25, 0.3) is 0 Å². The number of β-amino-alcohol motifs (C(OH)–C–C–N with tert-alkyl or cyclic N) is 1. The Morgan fingerprint density at radius 2 is 2.00 bits per heavy atom. The summed E-state index contributed by atoms with van der Waals surface area (Å²) in [5.74, 6) is 0. The van der Waals surface area contributed by atoms with Gasteiger partial charge < -0.3 is 10.4 Å². The molecule has 0 radical (unpaired) electrons. The molecule has 0 aliphatic carbocycles. The second kappa shape index (κ2) is 5.27. The van der Waals surface area contributed by atoms with Gasteiger partial charge in [-0.05, 0) is 24.3 Å². The van der Waals surface area contributed by atoms with Crippen LogP contribution < -0.4 is 5.32 Å². The van der Waals surface area contributed by atoms with Crippen LogP contribution in [-0.2, 0) is 10.0 Å². The SMILES string of the molecule is CN([C@@H]1CNC[C@H]1O)S(=O)(=O)c1ccc(C#N)cc1. The molecule has 1 fully saturated rings. The van der Waals surface area contributed by atoms with Crippen LogP contribution in [0.3, 0.4) is 0 Å². The van der Waals surface area contributed by atoms with Gasteiger partial charge in [0, 0.05) is 20.1 Å². The van der Waals surface area contributed by atoms with Crippen LogP contribution >= 0.6 is 0 Å². The number of sulfonamides is 1. The molecule has 0 unspecified atom stereocenters. The molecule has 0 amide bonds. The van der Waals surface area contributed by atoms with Gasteiger partial charge >= 0.3 is 0 Å². The van der Waals surface area contributed by atoms with Crippen molar-refractivity contribution in [1.29, 1.82) is 5.26 Å². The summed E-state index contributed by atoms with van der Waals surface area (Å²) in [5.41, 5.74) is 0.407. The first-order chi connectivity index (χ1) is 8.96. The summed E-state index contributed by atoms with van der Waals surface area (Å²) in [6.07, 6.45) is -0.710. The van der Waals surface area contributed by atoms with Crippen LogP contribution in [0.5, 0.6) is 0 Å². The predicted octanol–water partition coefficient (Wildman–Crippen LogP) is -0.489. The molecule has 2 N–H and O–H groups in total. The van der Waals surface area contributed by atoms with Gasteiger partial charge in [0.1, 0.15) is 0 Å². The van der Waals surface area contributed by atoms with E-state index in [1.54, 1.807) is 0 Å². The van der Waals surface area contributed by atoms with E-state index in [4.69, 9.17) is 5.26 Å². The zero-order valence-electron chi connectivity index (χ0n) is 10.4. The Labute approximate surface area is 112 Å². The smallest absolute Gasteiger partial charge is 0.243 e. The summed E-state index contributed by atoms with van der Waals surface area (Å²) in [6.45, 7) is 0.811. The normalized spacial score (nSPS) is 23.5. The van der Waals surface area contributed by atoms with E-state index in [0.29, 0.717) is 18.7 Å². The number of likely N-dealkylation sites (N-methyl/N-ethyl adjacent to an activating group) is 1. The van der Waals surface area contributed by atoms with E-state index in [-0.39, 0.29) is 4.90 Å². The molecule has 0 aromatic heterocycles. The van der Waals surface area contributed by atoms with Crippen LogP contribution in [0.25, 0.3) is 0 Å². The van der Waals surface area contributed by atoms with E-state index in [1.807, 2.05) is 6.07 Å². The summed E-state index contributed by atoms with van der Waals surface area (Å²) >= 11 is 0. The number of hydrogen-bond acceptors (Lipinski definition) is 5. The van der Waals surface area contributed by atoms with Crippen molar-refractivity contribution in [2.75, 3.05) is 20.1 Å². The monoisotopic (exact) mass is 281 g/mol. The third kappa shape index (κ3) is 2.62.